The molecule has 2 aliphatic heterocycles. The quantitative estimate of drug-likeness (QED) is 0.587. The highest BCUT2D eigenvalue weighted by Gasteiger charge is 2.60. The Bertz CT molecular complexity index is 1160. The fourth-order valence-electron chi connectivity index (χ4n) is 4.57. The van der Waals surface area contributed by atoms with Gasteiger partial charge < -0.3 is 4.90 Å². The standard InChI is InChI=1S/C26H25N3O3/c1-17-9-7-8-12-21(17)28-25(30)22-23(18-13-15-19(16-14-18)27(2)3)29(32-24(22)26(28)31)20-10-5-4-6-11-20/h4-16,22-24H,1-3H3/t22-,23-,24-/m0/s1. The second-order valence-electron chi connectivity index (χ2n) is 8.44. The second-order valence-corrected chi connectivity index (χ2v) is 8.44. The molecule has 2 heterocycles. The van der Waals surface area contributed by atoms with Gasteiger partial charge in [0.05, 0.1) is 17.4 Å². The molecule has 2 fully saturated rings. The number of amides is 2. The van der Waals surface area contributed by atoms with E-state index in [0.29, 0.717) is 5.69 Å². The molecule has 2 amide bonds. The Morgan fingerprint density at radius 1 is 0.812 bits per heavy atom. The van der Waals surface area contributed by atoms with Gasteiger partial charge in [-0.2, -0.15) is 0 Å². The number of carbonyl (C=O) groups is 2. The molecule has 0 unspecified atom stereocenters. The molecule has 0 spiro atoms. The van der Waals surface area contributed by atoms with Crippen molar-refractivity contribution in [3.8, 4) is 0 Å². The molecule has 0 aromatic heterocycles. The summed E-state index contributed by atoms with van der Waals surface area (Å²) in [5, 5.41) is 1.73. The van der Waals surface area contributed by atoms with Gasteiger partial charge >= 0.3 is 0 Å². The van der Waals surface area contributed by atoms with E-state index in [0.717, 1.165) is 22.5 Å². The number of fused-ring (bicyclic) bond motifs is 1. The van der Waals surface area contributed by atoms with Crippen LogP contribution >= 0.6 is 0 Å². The Balaban J connectivity index is 1.58. The van der Waals surface area contributed by atoms with Crippen LogP contribution in [0.25, 0.3) is 0 Å². The molecule has 3 aromatic carbocycles. The predicted octanol–water partition coefficient (Wildman–Crippen LogP) is 4.11. The van der Waals surface area contributed by atoms with Crippen molar-refractivity contribution >= 4 is 28.9 Å². The predicted molar refractivity (Wildman–Crippen MR) is 124 cm³/mol. The number of aryl methyl sites for hydroxylation is 1. The van der Waals surface area contributed by atoms with Crippen LogP contribution in [0.1, 0.15) is 17.2 Å². The van der Waals surface area contributed by atoms with Gasteiger partial charge in [-0.1, -0.05) is 48.5 Å². The Hall–Kier alpha value is -3.64. The summed E-state index contributed by atoms with van der Waals surface area (Å²) in [5.41, 5.74) is 4.30. The first-order valence-electron chi connectivity index (χ1n) is 10.7. The van der Waals surface area contributed by atoms with Crippen LogP contribution in [0, 0.1) is 12.8 Å². The lowest BCUT2D eigenvalue weighted by atomic mass is 9.90. The number of rotatable bonds is 4. The molecule has 0 bridgehead atoms. The summed E-state index contributed by atoms with van der Waals surface area (Å²) in [6, 6.07) is 24.7. The van der Waals surface area contributed by atoms with Crippen molar-refractivity contribution in [2.45, 2.75) is 19.1 Å². The monoisotopic (exact) mass is 427 g/mol. The van der Waals surface area contributed by atoms with Gasteiger partial charge in [0.25, 0.3) is 5.91 Å². The van der Waals surface area contributed by atoms with Crippen molar-refractivity contribution in [1.29, 1.82) is 0 Å². The topological polar surface area (TPSA) is 53.1 Å². The summed E-state index contributed by atoms with van der Waals surface area (Å²) in [6.45, 7) is 1.90. The van der Waals surface area contributed by atoms with Gasteiger partial charge in [0.1, 0.15) is 5.92 Å². The first-order chi connectivity index (χ1) is 15.5. The van der Waals surface area contributed by atoms with Crippen molar-refractivity contribution in [3.63, 3.8) is 0 Å². The van der Waals surface area contributed by atoms with E-state index >= 15 is 0 Å². The fraction of sp³-hybridized carbons (Fsp3) is 0.231. The third-order valence-electron chi connectivity index (χ3n) is 6.23. The zero-order chi connectivity index (χ0) is 22.4. The third kappa shape index (κ3) is 3.15. The van der Waals surface area contributed by atoms with Crippen molar-refractivity contribution in [1.82, 2.24) is 0 Å². The van der Waals surface area contributed by atoms with Crippen LogP contribution in [0.4, 0.5) is 17.1 Å². The minimum atomic E-state index is -0.860. The van der Waals surface area contributed by atoms with Crippen LogP contribution in [0.2, 0.25) is 0 Å². The third-order valence-corrected chi connectivity index (χ3v) is 6.23. The van der Waals surface area contributed by atoms with E-state index in [-0.39, 0.29) is 11.8 Å². The normalized spacial score (nSPS) is 22.4. The second kappa shape index (κ2) is 7.80. The number of carbonyl (C=O) groups excluding carboxylic acids is 2. The van der Waals surface area contributed by atoms with Gasteiger partial charge in [0, 0.05) is 19.8 Å². The summed E-state index contributed by atoms with van der Waals surface area (Å²) < 4.78 is 0. The number of benzene rings is 3. The van der Waals surface area contributed by atoms with E-state index in [1.54, 1.807) is 5.06 Å². The van der Waals surface area contributed by atoms with Crippen LogP contribution in [-0.4, -0.2) is 32.0 Å². The first-order valence-corrected chi connectivity index (χ1v) is 10.7. The van der Waals surface area contributed by atoms with Gasteiger partial charge in [-0.05, 0) is 48.4 Å². The molecular weight excluding hydrogens is 402 g/mol. The molecule has 6 heteroatoms. The van der Waals surface area contributed by atoms with Gasteiger partial charge in [-0.15, -0.1) is 0 Å². The molecule has 3 aromatic rings. The van der Waals surface area contributed by atoms with Gasteiger partial charge in [-0.25, -0.2) is 9.96 Å². The number of hydroxylamine groups is 1. The molecule has 2 aliphatic rings. The van der Waals surface area contributed by atoms with Crippen LogP contribution in [0.5, 0.6) is 0 Å². The lowest BCUT2D eigenvalue weighted by Crippen LogP contribution is -2.37. The Morgan fingerprint density at radius 2 is 1.47 bits per heavy atom. The first kappa shape index (κ1) is 20.3. The van der Waals surface area contributed by atoms with Gasteiger partial charge in [0.2, 0.25) is 5.91 Å². The molecule has 3 atom stereocenters. The highest BCUT2D eigenvalue weighted by atomic mass is 16.7. The van der Waals surface area contributed by atoms with E-state index in [4.69, 9.17) is 4.84 Å². The lowest BCUT2D eigenvalue weighted by molar-refractivity contribution is -0.126. The maximum Gasteiger partial charge on any atom is 0.266 e. The summed E-state index contributed by atoms with van der Waals surface area (Å²) in [5.74, 6) is -1.18. The molecule has 0 N–H and O–H groups in total. The summed E-state index contributed by atoms with van der Waals surface area (Å²) in [7, 11) is 3.97. The summed E-state index contributed by atoms with van der Waals surface area (Å²) in [6.07, 6.45) is -0.860. The smallest absolute Gasteiger partial charge is 0.266 e. The number of para-hydroxylation sites is 2. The van der Waals surface area contributed by atoms with Crippen LogP contribution in [0.3, 0.4) is 0 Å². The van der Waals surface area contributed by atoms with E-state index in [9.17, 15) is 9.59 Å². The largest absolute Gasteiger partial charge is 0.378 e. The number of anilines is 3. The lowest BCUT2D eigenvalue weighted by Gasteiger charge is -2.29. The Labute approximate surface area is 187 Å². The summed E-state index contributed by atoms with van der Waals surface area (Å²) in [4.78, 5) is 36.6. The van der Waals surface area contributed by atoms with Crippen LogP contribution < -0.4 is 14.9 Å². The van der Waals surface area contributed by atoms with E-state index in [2.05, 4.69) is 0 Å². The van der Waals surface area contributed by atoms with E-state index < -0.39 is 18.1 Å². The maximum absolute atomic E-state index is 13.7. The van der Waals surface area contributed by atoms with E-state index in [1.807, 2.05) is 105 Å². The van der Waals surface area contributed by atoms with Crippen molar-refractivity contribution < 1.29 is 14.4 Å². The average molecular weight is 428 g/mol. The van der Waals surface area contributed by atoms with Crippen molar-refractivity contribution in [3.05, 3.63) is 90.0 Å². The number of hydrogen-bond acceptors (Lipinski definition) is 5. The minimum Gasteiger partial charge on any atom is -0.378 e. The molecule has 0 aliphatic carbocycles. The van der Waals surface area contributed by atoms with Gasteiger partial charge in [-0.3, -0.25) is 14.4 Å². The van der Waals surface area contributed by atoms with E-state index in [1.165, 1.54) is 4.90 Å². The molecule has 2 saturated heterocycles. The molecule has 0 radical (unpaired) electrons. The molecule has 162 valence electrons. The maximum atomic E-state index is 13.7. The minimum absolute atomic E-state index is 0.227. The molecule has 0 saturated carbocycles. The highest BCUT2D eigenvalue weighted by molar-refractivity contribution is 6.24. The number of nitrogens with zero attached hydrogens (tertiary/aromatic N) is 3. The number of imide groups is 1. The SMILES string of the molecule is Cc1ccccc1N1C(=O)[C@@H]2[C@H](ON(c3ccccc3)[C@H]2c2ccc(N(C)C)cc2)C1=O. The van der Waals surface area contributed by atoms with Crippen molar-refractivity contribution in [2.75, 3.05) is 29.0 Å². The molecule has 32 heavy (non-hydrogen) atoms. The van der Waals surface area contributed by atoms with Crippen molar-refractivity contribution in [2.24, 2.45) is 5.92 Å². The molecule has 6 nitrogen and oxygen atoms in total. The van der Waals surface area contributed by atoms with Crippen LogP contribution in [-0.2, 0) is 14.4 Å². The Morgan fingerprint density at radius 3 is 2.12 bits per heavy atom. The Kier molecular flexibility index (Phi) is 4.94. The zero-order valence-corrected chi connectivity index (χ0v) is 18.3. The highest BCUT2D eigenvalue weighted by Crippen LogP contribution is 2.48. The van der Waals surface area contributed by atoms with Gasteiger partial charge in [0.15, 0.2) is 6.10 Å². The molecule has 5 rings (SSSR count). The van der Waals surface area contributed by atoms with Crippen LogP contribution in [0.15, 0.2) is 78.9 Å². The zero-order valence-electron chi connectivity index (χ0n) is 18.3. The fourth-order valence-corrected chi connectivity index (χ4v) is 4.57. The molecular formula is C26H25N3O3. The average Bonchev–Trinajstić information content (AvgIpc) is 3.31. The number of hydrogen-bond donors (Lipinski definition) is 0. The summed E-state index contributed by atoms with van der Waals surface area (Å²) >= 11 is 0.